The van der Waals surface area contributed by atoms with Crippen molar-refractivity contribution >= 4 is 11.4 Å². The minimum Gasteiger partial charge on any atom is -0.399 e. The lowest BCUT2D eigenvalue weighted by molar-refractivity contribution is 0.680. The Morgan fingerprint density at radius 2 is 1.95 bits per heavy atom. The molecule has 0 fully saturated rings. The molecule has 1 aromatic heterocycles. The fourth-order valence-electron chi connectivity index (χ4n) is 2.08. The molecule has 4 nitrogen and oxygen atoms in total. The number of hydrogen-bond donors (Lipinski definition) is 1. The van der Waals surface area contributed by atoms with Crippen molar-refractivity contribution in [2.45, 2.75) is 26.4 Å². The van der Waals surface area contributed by atoms with E-state index in [4.69, 9.17) is 5.73 Å². The Morgan fingerprint density at radius 1 is 1.25 bits per heavy atom. The zero-order chi connectivity index (χ0) is 14.5. The lowest BCUT2D eigenvalue weighted by Crippen LogP contribution is -2.31. The number of benzene rings is 1. The van der Waals surface area contributed by atoms with E-state index in [1.165, 1.54) is 0 Å². The van der Waals surface area contributed by atoms with Crippen molar-refractivity contribution in [3.05, 3.63) is 53.9 Å². The summed E-state index contributed by atoms with van der Waals surface area (Å²) in [6.45, 7) is 4.93. The summed E-state index contributed by atoms with van der Waals surface area (Å²) in [6, 6.07) is 14.0. The summed E-state index contributed by atoms with van der Waals surface area (Å²) in [7, 11) is 0. The van der Waals surface area contributed by atoms with Crippen molar-refractivity contribution in [2.75, 3.05) is 10.6 Å². The van der Waals surface area contributed by atoms with Gasteiger partial charge in [-0.15, -0.1) is 0 Å². The van der Waals surface area contributed by atoms with Gasteiger partial charge >= 0.3 is 0 Å². The lowest BCUT2D eigenvalue weighted by atomic mass is 10.1. The van der Waals surface area contributed by atoms with Gasteiger partial charge in [0.1, 0.15) is 6.07 Å². The molecule has 20 heavy (non-hydrogen) atoms. The first-order valence-corrected chi connectivity index (χ1v) is 6.58. The van der Waals surface area contributed by atoms with Gasteiger partial charge in [-0.3, -0.25) is 0 Å². The van der Waals surface area contributed by atoms with Gasteiger partial charge in [0.15, 0.2) is 5.69 Å². The van der Waals surface area contributed by atoms with Crippen LogP contribution >= 0.6 is 0 Å². The zero-order valence-corrected chi connectivity index (χ0v) is 11.7. The molecule has 0 aliphatic rings. The molecule has 1 heterocycles. The third-order valence-corrected chi connectivity index (χ3v) is 3.16. The van der Waals surface area contributed by atoms with Gasteiger partial charge < -0.3 is 10.6 Å². The molecule has 0 bridgehead atoms. The molecule has 0 spiro atoms. The molecular formula is C16H18N4. The van der Waals surface area contributed by atoms with Crippen LogP contribution in [0.2, 0.25) is 0 Å². The van der Waals surface area contributed by atoms with Crippen molar-refractivity contribution in [1.29, 1.82) is 5.26 Å². The van der Waals surface area contributed by atoms with Crippen LogP contribution in [-0.2, 0) is 6.54 Å². The second-order valence-electron chi connectivity index (χ2n) is 4.95. The second-order valence-corrected chi connectivity index (χ2v) is 4.95. The summed E-state index contributed by atoms with van der Waals surface area (Å²) in [4.78, 5) is 6.30. The number of nitrogen functional groups attached to an aromatic ring is 1. The normalized spacial score (nSPS) is 10.3. The minimum atomic E-state index is 0.267. The van der Waals surface area contributed by atoms with Crippen molar-refractivity contribution in [1.82, 2.24) is 4.98 Å². The van der Waals surface area contributed by atoms with Gasteiger partial charge in [0.25, 0.3) is 0 Å². The van der Waals surface area contributed by atoms with Crippen molar-refractivity contribution < 1.29 is 0 Å². The summed E-state index contributed by atoms with van der Waals surface area (Å²) in [5.74, 6) is 0. The molecule has 0 radical (unpaired) electrons. The SMILES string of the molecule is CC(C)N(Cc1ccc(N)cc1)c1cccnc1C#N. The van der Waals surface area contributed by atoms with E-state index < -0.39 is 0 Å². The molecule has 2 rings (SSSR count). The molecule has 2 aromatic rings. The number of hydrogen-bond acceptors (Lipinski definition) is 4. The number of nitrogens with zero attached hydrogens (tertiary/aromatic N) is 3. The highest BCUT2D eigenvalue weighted by atomic mass is 15.2. The number of nitrogens with two attached hydrogens (primary N) is 1. The van der Waals surface area contributed by atoms with Crippen LogP contribution in [0, 0.1) is 11.3 Å². The molecule has 0 saturated carbocycles. The third-order valence-electron chi connectivity index (χ3n) is 3.16. The Labute approximate surface area is 119 Å². The van der Waals surface area contributed by atoms with Gasteiger partial charge in [-0.1, -0.05) is 12.1 Å². The predicted molar refractivity (Wildman–Crippen MR) is 81.1 cm³/mol. The molecule has 0 amide bonds. The topological polar surface area (TPSA) is 65.9 Å². The summed E-state index contributed by atoms with van der Waals surface area (Å²) in [6.07, 6.45) is 1.64. The Hall–Kier alpha value is -2.54. The zero-order valence-electron chi connectivity index (χ0n) is 11.7. The molecule has 0 atom stereocenters. The van der Waals surface area contributed by atoms with Gasteiger partial charge in [-0.2, -0.15) is 5.26 Å². The number of pyridine rings is 1. The maximum atomic E-state index is 9.20. The highest BCUT2D eigenvalue weighted by molar-refractivity contribution is 5.56. The molecule has 102 valence electrons. The maximum absolute atomic E-state index is 9.20. The third kappa shape index (κ3) is 3.07. The predicted octanol–water partition coefficient (Wildman–Crippen LogP) is 2.95. The van der Waals surface area contributed by atoms with E-state index in [2.05, 4.69) is 29.8 Å². The molecular weight excluding hydrogens is 248 g/mol. The smallest absolute Gasteiger partial charge is 0.163 e. The maximum Gasteiger partial charge on any atom is 0.163 e. The Balaban J connectivity index is 2.32. The highest BCUT2D eigenvalue weighted by Crippen LogP contribution is 2.22. The van der Waals surface area contributed by atoms with Gasteiger partial charge in [-0.05, 0) is 43.7 Å². The van der Waals surface area contributed by atoms with Gasteiger partial charge in [0.2, 0.25) is 0 Å². The first-order chi connectivity index (χ1) is 9.61. The molecule has 0 aliphatic carbocycles. The molecule has 0 saturated heterocycles. The van der Waals surface area contributed by atoms with E-state index in [-0.39, 0.29) is 6.04 Å². The van der Waals surface area contributed by atoms with Crippen LogP contribution in [0.3, 0.4) is 0 Å². The van der Waals surface area contributed by atoms with Crippen LogP contribution in [0.1, 0.15) is 25.1 Å². The fraction of sp³-hybridized carbons (Fsp3) is 0.250. The van der Waals surface area contributed by atoms with Crippen LogP contribution in [0.15, 0.2) is 42.6 Å². The van der Waals surface area contributed by atoms with E-state index in [9.17, 15) is 5.26 Å². The average molecular weight is 266 g/mol. The molecule has 0 unspecified atom stereocenters. The van der Waals surface area contributed by atoms with Crippen molar-refractivity contribution in [2.24, 2.45) is 0 Å². The number of anilines is 2. The monoisotopic (exact) mass is 266 g/mol. The van der Waals surface area contributed by atoms with E-state index in [1.807, 2.05) is 36.4 Å². The fourth-order valence-corrected chi connectivity index (χ4v) is 2.08. The van der Waals surface area contributed by atoms with Gasteiger partial charge in [0.05, 0.1) is 5.69 Å². The van der Waals surface area contributed by atoms with Crippen LogP contribution in [-0.4, -0.2) is 11.0 Å². The van der Waals surface area contributed by atoms with Crippen molar-refractivity contribution in [3.8, 4) is 6.07 Å². The molecule has 2 N–H and O–H groups in total. The summed E-state index contributed by atoms with van der Waals surface area (Å²) in [5, 5.41) is 9.20. The Bertz CT molecular complexity index is 611. The number of rotatable bonds is 4. The minimum absolute atomic E-state index is 0.267. The first-order valence-electron chi connectivity index (χ1n) is 6.58. The largest absolute Gasteiger partial charge is 0.399 e. The quantitative estimate of drug-likeness (QED) is 0.864. The summed E-state index contributed by atoms with van der Waals surface area (Å²) >= 11 is 0. The number of aromatic nitrogens is 1. The molecule has 0 aliphatic heterocycles. The standard InChI is InChI=1S/C16H18N4/c1-12(2)20(11-13-5-7-14(18)8-6-13)16-4-3-9-19-15(16)10-17/h3-9,12H,11,18H2,1-2H3. The van der Waals surface area contributed by atoms with E-state index >= 15 is 0 Å². The second kappa shape index (κ2) is 6.07. The summed E-state index contributed by atoms with van der Waals surface area (Å²) in [5.41, 5.74) is 8.93. The number of nitriles is 1. The van der Waals surface area contributed by atoms with E-state index in [0.29, 0.717) is 5.69 Å². The average Bonchev–Trinajstić information content (AvgIpc) is 2.46. The Kier molecular flexibility index (Phi) is 4.21. The first kappa shape index (κ1) is 13.9. The van der Waals surface area contributed by atoms with Crippen LogP contribution < -0.4 is 10.6 Å². The Morgan fingerprint density at radius 3 is 2.55 bits per heavy atom. The van der Waals surface area contributed by atoms with E-state index in [1.54, 1.807) is 6.20 Å². The van der Waals surface area contributed by atoms with Gasteiger partial charge in [-0.25, -0.2) is 4.98 Å². The van der Waals surface area contributed by atoms with E-state index in [0.717, 1.165) is 23.5 Å². The highest BCUT2D eigenvalue weighted by Gasteiger charge is 2.15. The molecule has 1 aromatic carbocycles. The lowest BCUT2D eigenvalue weighted by Gasteiger charge is -2.29. The summed E-state index contributed by atoms with van der Waals surface area (Å²) < 4.78 is 0. The van der Waals surface area contributed by atoms with Crippen LogP contribution in [0.5, 0.6) is 0 Å². The van der Waals surface area contributed by atoms with Crippen molar-refractivity contribution in [3.63, 3.8) is 0 Å². The van der Waals surface area contributed by atoms with Crippen LogP contribution in [0.25, 0.3) is 0 Å². The molecule has 4 heteroatoms. The van der Waals surface area contributed by atoms with Crippen LogP contribution in [0.4, 0.5) is 11.4 Å². The van der Waals surface area contributed by atoms with Gasteiger partial charge in [0, 0.05) is 24.5 Å².